The molecule has 0 rings (SSSR count). The number of nitrogens with zero attached hydrogens (tertiary/aromatic N) is 1. The summed E-state index contributed by atoms with van der Waals surface area (Å²) in [5.41, 5.74) is 5.69. The summed E-state index contributed by atoms with van der Waals surface area (Å²) in [5.74, 6) is 0. The lowest BCUT2D eigenvalue weighted by atomic mass is 10.2. The maximum Gasteiger partial charge on any atom is 0.00483 e. The summed E-state index contributed by atoms with van der Waals surface area (Å²) in [6.45, 7) is 3.23. The highest BCUT2D eigenvalue weighted by atomic mass is 15.0. The lowest BCUT2D eigenvalue weighted by molar-refractivity contribution is 0.378. The van der Waals surface area contributed by atoms with E-state index in [-0.39, 0.29) is 0 Å². The summed E-state index contributed by atoms with van der Waals surface area (Å²) in [4.78, 5) is 2.16. The Balaban J connectivity index is 3.06. The molecular weight excluding hydrogens is 112 g/mol. The van der Waals surface area contributed by atoms with Crippen LogP contribution in [0, 0.1) is 0 Å². The quantitative estimate of drug-likeness (QED) is 0.606. The number of rotatable bonds is 4. The molecule has 0 aliphatic heterocycles. The Hall–Kier alpha value is -0.0800. The van der Waals surface area contributed by atoms with Gasteiger partial charge in [0.15, 0.2) is 0 Å². The van der Waals surface area contributed by atoms with E-state index < -0.39 is 0 Å². The Bertz CT molecular complexity index is 61.9. The molecule has 0 unspecified atom stereocenters. The smallest absolute Gasteiger partial charge is 0.00483 e. The van der Waals surface area contributed by atoms with Crippen LogP contribution in [0.5, 0.6) is 0 Å². The standard InChI is InChI=1S/C7H18N2/c1-4-7(8)5-6-9(2)3/h7H,4-6,8H2,1-3H3/t7-/m1/s1. The Morgan fingerprint density at radius 2 is 2.00 bits per heavy atom. The van der Waals surface area contributed by atoms with Crippen molar-refractivity contribution in [2.24, 2.45) is 5.73 Å². The fourth-order valence-electron chi connectivity index (χ4n) is 0.628. The van der Waals surface area contributed by atoms with Gasteiger partial charge in [-0.1, -0.05) is 6.92 Å². The molecule has 0 aliphatic carbocycles. The maximum absolute atomic E-state index is 5.69. The lowest BCUT2D eigenvalue weighted by Gasteiger charge is -2.12. The number of nitrogens with two attached hydrogens (primary N) is 1. The van der Waals surface area contributed by atoms with E-state index in [2.05, 4.69) is 25.9 Å². The summed E-state index contributed by atoms with van der Waals surface area (Å²) in [6.07, 6.45) is 2.21. The van der Waals surface area contributed by atoms with E-state index in [1.165, 1.54) is 0 Å². The first-order valence-electron chi connectivity index (χ1n) is 3.57. The van der Waals surface area contributed by atoms with Crippen LogP contribution in [0.2, 0.25) is 0 Å². The molecule has 0 aromatic heterocycles. The summed E-state index contributed by atoms with van der Waals surface area (Å²) in [6, 6.07) is 0.396. The van der Waals surface area contributed by atoms with Gasteiger partial charge in [-0.15, -0.1) is 0 Å². The monoisotopic (exact) mass is 130 g/mol. The molecule has 2 heteroatoms. The molecule has 1 atom stereocenters. The normalized spacial score (nSPS) is 14.3. The van der Waals surface area contributed by atoms with Gasteiger partial charge in [-0.05, 0) is 33.5 Å². The Morgan fingerprint density at radius 3 is 2.33 bits per heavy atom. The molecule has 56 valence electrons. The second-order valence-corrected chi connectivity index (χ2v) is 2.76. The highest BCUT2D eigenvalue weighted by Gasteiger charge is 1.97. The average Bonchev–Trinajstić information content (AvgIpc) is 1.83. The van der Waals surface area contributed by atoms with Gasteiger partial charge in [0, 0.05) is 6.04 Å². The van der Waals surface area contributed by atoms with Gasteiger partial charge in [0.05, 0.1) is 0 Å². The fourth-order valence-corrected chi connectivity index (χ4v) is 0.628. The lowest BCUT2D eigenvalue weighted by Crippen LogP contribution is -2.25. The van der Waals surface area contributed by atoms with Crippen molar-refractivity contribution in [3.8, 4) is 0 Å². The minimum absolute atomic E-state index is 0.396. The van der Waals surface area contributed by atoms with Crippen molar-refractivity contribution in [3.63, 3.8) is 0 Å². The minimum Gasteiger partial charge on any atom is -0.328 e. The second-order valence-electron chi connectivity index (χ2n) is 2.76. The molecule has 0 bridgehead atoms. The van der Waals surface area contributed by atoms with Crippen LogP contribution in [0.1, 0.15) is 19.8 Å². The van der Waals surface area contributed by atoms with E-state index in [0.717, 1.165) is 19.4 Å². The molecule has 0 fully saturated rings. The second kappa shape index (κ2) is 4.77. The molecule has 0 saturated carbocycles. The molecule has 0 amide bonds. The van der Waals surface area contributed by atoms with E-state index in [4.69, 9.17) is 5.73 Å². The largest absolute Gasteiger partial charge is 0.328 e. The van der Waals surface area contributed by atoms with E-state index >= 15 is 0 Å². The van der Waals surface area contributed by atoms with E-state index in [0.29, 0.717) is 6.04 Å². The highest BCUT2D eigenvalue weighted by molar-refractivity contribution is 4.59. The van der Waals surface area contributed by atoms with Gasteiger partial charge in [-0.2, -0.15) is 0 Å². The van der Waals surface area contributed by atoms with Crippen LogP contribution >= 0.6 is 0 Å². The predicted octanol–water partition coefficient (Wildman–Crippen LogP) is 0.675. The third-order valence-electron chi connectivity index (χ3n) is 1.47. The van der Waals surface area contributed by atoms with Crippen molar-refractivity contribution < 1.29 is 0 Å². The van der Waals surface area contributed by atoms with Gasteiger partial charge >= 0.3 is 0 Å². The fraction of sp³-hybridized carbons (Fsp3) is 1.00. The average molecular weight is 130 g/mol. The van der Waals surface area contributed by atoms with Crippen molar-refractivity contribution in [1.29, 1.82) is 0 Å². The molecule has 0 saturated heterocycles. The number of hydrogen-bond donors (Lipinski definition) is 1. The van der Waals surface area contributed by atoms with Crippen LogP contribution < -0.4 is 5.73 Å². The number of hydrogen-bond acceptors (Lipinski definition) is 2. The SMILES string of the molecule is CC[C@@H](N)CCN(C)C. The Labute approximate surface area is 58.0 Å². The van der Waals surface area contributed by atoms with Crippen molar-refractivity contribution in [3.05, 3.63) is 0 Å². The zero-order valence-corrected chi connectivity index (χ0v) is 6.72. The van der Waals surface area contributed by atoms with Crippen LogP contribution in [0.15, 0.2) is 0 Å². The summed E-state index contributed by atoms with van der Waals surface area (Å²) < 4.78 is 0. The minimum atomic E-state index is 0.396. The molecule has 2 N–H and O–H groups in total. The zero-order chi connectivity index (χ0) is 7.28. The molecular formula is C7H18N2. The molecule has 0 aromatic rings. The van der Waals surface area contributed by atoms with Crippen molar-refractivity contribution in [1.82, 2.24) is 4.90 Å². The van der Waals surface area contributed by atoms with Gasteiger partial charge in [-0.25, -0.2) is 0 Å². The van der Waals surface area contributed by atoms with Crippen LogP contribution in [0.4, 0.5) is 0 Å². The topological polar surface area (TPSA) is 29.3 Å². The van der Waals surface area contributed by atoms with Crippen LogP contribution in [-0.2, 0) is 0 Å². The third kappa shape index (κ3) is 5.80. The van der Waals surface area contributed by atoms with Crippen LogP contribution in [-0.4, -0.2) is 31.6 Å². The Kier molecular flexibility index (Phi) is 4.72. The van der Waals surface area contributed by atoms with Crippen molar-refractivity contribution in [2.45, 2.75) is 25.8 Å². The summed E-state index contributed by atoms with van der Waals surface area (Å²) >= 11 is 0. The van der Waals surface area contributed by atoms with Crippen LogP contribution in [0.3, 0.4) is 0 Å². The molecule has 0 radical (unpaired) electrons. The van der Waals surface area contributed by atoms with Crippen molar-refractivity contribution >= 4 is 0 Å². The first-order valence-corrected chi connectivity index (χ1v) is 3.57. The van der Waals surface area contributed by atoms with E-state index in [1.807, 2.05) is 0 Å². The van der Waals surface area contributed by atoms with Gasteiger partial charge in [0.1, 0.15) is 0 Å². The van der Waals surface area contributed by atoms with Crippen LogP contribution in [0.25, 0.3) is 0 Å². The van der Waals surface area contributed by atoms with E-state index in [1.54, 1.807) is 0 Å². The molecule has 0 aromatic carbocycles. The molecule has 0 aliphatic rings. The van der Waals surface area contributed by atoms with Gasteiger partial charge in [0.2, 0.25) is 0 Å². The molecule has 0 spiro atoms. The van der Waals surface area contributed by atoms with Gasteiger partial charge in [-0.3, -0.25) is 0 Å². The molecule has 9 heavy (non-hydrogen) atoms. The van der Waals surface area contributed by atoms with Gasteiger partial charge < -0.3 is 10.6 Å². The predicted molar refractivity (Wildman–Crippen MR) is 41.4 cm³/mol. The molecule has 2 nitrogen and oxygen atoms in total. The first kappa shape index (κ1) is 8.92. The van der Waals surface area contributed by atoms with Crippen molar-refractivity contribution in [2.75, 3.05) is 20.6 Å². The van der Waals surface area contributed by atoms with Gasteiger partial charge in [0.25, 0.3) is 0 Å². The maximum atomic E-state index is 5.69. The first-order chi connectivity index (χ1) is 4.16. The molecule has 0 heterocycles. The highest BCUT2D eigenvalue weighted by Crippen LogP contribution is 1.93. The Morgan fingerprint density at radius 1 is 1.44 bits per heavy atom. The summed E-state index contributed by atoms with van der Waals surface area (Å²) in [7, 11) is 4.14. The van der Waals surface area contributed by atoms with E-state index in [9.17, 15) is 0 Å². The summed E-state index contributed by atoms with van der Waals surface area (Å²) in [5, 5.41) is 0. The third-order valence-corrected chi connectivity index (χ3v) is 1.47. The zero-order valence-electron chi connectivity index (χ0n) is 6.72.